The van der Waals surface area contributed by atoms with Gasteiger partial charge in [-0.1, -0.05) is 13.3 Å². The highest BCUT2D eigenvalue weighted by Crippen LogP contribution is 2.20. The molecule has 0 amide bonds. The zero-order valence-corrected chi connectivity index (χ0v) is 12.3. The van der Waals surface area contributed by atoms with Crippen molar-refractivity contribution in [3.8, 4) is 6.07 Å². The fourth-order valence-electron chi connectivity index (χ4n) is 1.47. The number of ether oxygens (including phenoxy) is 1. The van der Waals surface area contributed by atoms with Crippen LogP contribution in [0.5, 0.6) is 0 Å². The van der Waals surface area contributed by atoms with Crippen LogP contribution in [-0.2, 0) is 4.74 Å². The van der Waals surface area contributed by atoms with Crippen LogP contribution in [0.4, 0.5) is 5.69 Å². The third-order valence-electron chi connectivity index (χ3n) is 2.53. The first kappa shape index (κ1) is 15.0. The Bertz CT molecular complexity index is 401. The highest BCUT2D eigenvalue weighted by atomic mass is 79.9. The molecule has 0 saturated carbocycles. The quantitative estimate of drug-likeness (QED) is 0.740. The van der Waals surface area contributed by atoms with Crippen LogP contribution in [0.25, 0.3) is 0 Å². The maximum absolute atomic E-state index is 8.81. The molecule has 3 nitrogen and oxygen atoms in total. The summed E-state index contributed by atoms with van der Waals surface area (Å²) >= 11 is 3.37. The number of rotatable bonds is 8. The Labute approximate surface area is 117 Å². The van der Waals surface area contributed by atoms with Gasteiger partial charge in [-0.25, -0.2) is 0 Å². The minimum Gasteiger partial charge on any atom is -0.385 e. The number of halogens is 1. The highest BCUT2D eigenvalue weighted by Gasteiger charge is 1.99. The summed E-state index contributed by atoms with van der Waals surface area (Å²) < 4.78 is 6.31. The largest absolute Gasteiger partial charge is 0.385 e. The van der Waals surface area contributed by atoms with Gasteiger partial charge in [0, 0.05) is 29.9 Å². The Morgan fingerprint density at radius 3 is 2.78 bits per heavy atom. The number of unbranched alkanes of at least 4 members (excludes halogenated alkanes) is 1. The molecule has 1 N–H and O–H groups in total. The van der Waals surface area contributed by atoms with Gasteiger partial charge >= 0.3 is 0 Å². The van der Waals surface area contributed by atoms with E-state index in [4.69, 9.17) is 10.00 Å². The molecule has 0 aromatic heterocycles. The van der Waals surface area contributed by atoms with E-state index in [2.05, 4.69) is 34.2 Å². The van der Waals surface area contributed by atoms with Gasteiger partial charge in [0.15, 0.2) is 0 Å². The predicted octanol–water partition coefficient (Wildman–Crippen LogP) is 3.94. The highest BCUT2D eigenvalue weighted by molar-refractivity contribution is 9.10. The van der Waals surface area contributed by atoms with Crippen LogP contribution in [-0.4, -0.2) is 19.8 Å². The zero-order valence-electron chi connectivity index (χ0n) is 10.7. The standard InChI is InChI=1S/C14H19BrN2O/c1-2-3-8-18-9-4-7-17-13-6-5-12(11-16)14(15)10-13/h5-6,10,17H,2-4,7-9H2,1H3. The second kappa shape index (κ2) is 8.96. The molecule has 0 unspecified atom stereocenters. The first-order valence-corrected chi connectivity index (χ1v) is 7.08. The molecule has 98 valence electrons. The molecule has 1 aromatic carbocycles. The monoisotopic (exact) mass is 310 g/mol. The Hall–Kier alpha value is -1.05. The zero-order chi connectivity index (χ0) is 13.2. The first-order valence-electron chi connectivity index (χ1n) is 6.29. The molecule has 0 fully saturated rings. The molecular formula is C14H19BrN2O. The summed E-state index contributed by atoms with van der Waals surface area (Å²) in [5.41, 5.74) is 1.68. The van der Waals surface area contributed by atoms with Crippen molar-refractivity contribution in [3.63, 3.8) is 0 Å². The van der Waals surface area contributed by atoms with Crippen molar-refractivity contribution < 1.29 is 4.74 Å². The average Bonchev–Trinajstić information content (AvgIpc) is 2.38. The number of hydrogen-bond donors (Lipinski definition) is 1. The lowest BCUT2D eigenvalue weighted by Gasteiger charge is -2.07. The van der Waals surface area contributed by atoms with Crippen molar-refractivity contribution in [1.82, 2.24) is 0 Å². The van der Waals surface area contributed by atoms with Crippen molar-refractivity contribution in [2.75, 3.05) is 25.1 Å². The third-order valence-corrected chi connectivity index (χ3v) is 3.18. The molecule has 18 heavy (non-hydrogen) atoms. The van der Waals surface area contributed by atoms with E-state index >= 15 is 0 Å². The SMILES string of the molecule is CCCCOCCCNc1ccc(C#N)c(Br)c1. The molecule has 4 heteroatoms. The van der Waals surface area contributed by atoms with Crippen molar-refractivity contribution >= 4 is 21.6 Å². The van der Waals surface area contributed by atoms with Gasteiger partial charge in [-0.3, -0.25) is 0 Å². The Kier molecular flexibility index (Phi) is 7.47. The topological polar surface area (TPSA) is 45.0 Å². The lowest BCUT2D eigenvalue weighted by atomic mass is 10.2. The number of nitriles is 1. The first-order chi connectivity index (χ1) is 8.77. The van der Waals surface area contributed by atoms with Gasteiger partial charge in [-0.15, -0.1) is 0 Å². The van der Waals surface area contributed by atoms with Crippen LogP contribution in [0.15, 0.2) is 22.7 Å². The van der Waals surface area contributed by atoms with Crippen LogP contribution < -0.4 is 5.32 Å². The van der Waals surface area contributed by atoms with E-state index in [1.54, 1.807) is 0 Å². The molecule has 0 spiro atoms. The maximum atomic E-state index is 8.81. The van der Waals surface area contributed by atoms with Gasteiger partial charge in [-0.2, -0.15) is 5.26 Å². The molecular weight excluding hydrogens is 292 g/mol. The third kappa shape index (κ3) is 5.52. The fraction of sp³-hybridized carbons (Fsp3) is 0.500. The summed E-state index contributed by atoms with van der Waals surface area (Å²) in [5.74, 6) is 0. The maximum Gasteiger partial charge on any atom is 0.100 e. The summed E-state index contributed by atoms with van der Waals surface area (Å²) in [5, 5.41) is 12.1. The molecule has 0 bridgehead atoms. The van der Waals surface area contributed by atoms with E-state index in [0.717, 1.165) is 42.8 Å². The number of nitrogens with one attached hydrogen (secondary N) is 1. The van der Waals surface area contributed by atoms with Crippen molar-refractivity contribution in [2.24, 2.45) is 0 Å². The van der Waals surface area contributed by atoms with Crippen LogP contribution >= 0.6 is 15.9 Å². The van der Waals surface area contributed by atoms with E-state index < -0.39 is 0 Å². The second-order valence-electron chi connectivity index (χ2n) is 4.05. The van der Waals surface area contributed by atoms with Gasteiger partial charge < -0.3 is 10.1 Å². The molecule has 1 aromatic rings. The fourth-order valence-corrected chi connectivity index (χ4v) is 1.94. The number of hydrogen-bond acceptors (Lipinski definition) is 3. The molecule has 0 heterocycles. The second-order valence-corrected chi connectivity index (χ2v) is 4.91. The molecule has 0 aliphatic rings. The Balaban J connectivity index is 2.20. The summed E-state index contributed by atoms with van der Waals surface area (Å²) in [6.45, 7) is 4.70. The van der Waals surface area contributed by atoms with E-state index in [1.165, 1.54) is 6.42 Å². The predicted molar refractivity (Wildman–Crippen MR) is 77.7 cm³/mol. The van der Waals surface area contributed by atoms with Crippen LogP contribution in [0, 0.1) is 11.3 Å². The Morgan fingerprint density at radius 1 is 1.33 bits per heavy atom. The summed E-state index contributed by atoms with van der Waals surface area (Å²) in [6.07, 6.45) is 3.30. The van der Waals surface area contributed by atoms with E-state index in [9.17, 15) is 0 Å². The van der Waals surface area contributed by atoms with Crippen LogP contribution in [0.3, 0.4) is 0 Å². The number of anilines is 1. The van der Waals surface area contributed by atoms with Crippen molar-refractivity contribution in [1.29, 1.82) is 5.26 Å². The van der Waals surface area contributed by atoms with Crippen LogP contribution in [0.2, 0.25) is 0 Å². The minimum atomic E-state index is 0.656. The lowest BCUT2D eigenvalue weighted by molar-refractivity contribution is 0.131. The smallest absolute Gasteiger partial charge is 0.100 e. The molecule has 0 aliphatic carbocycles. The lowest BCUT2D eigenvalue weighted by Crippen LogP contribution is -2.06. The van der Waals surface area contributed by atoms with Gasteiger partial charge in [0.05, 0.1) is 5.56 Å². The van der Waals surface area contributed by atoms with Crippen LogP contribution in [0.1, 0.15) is 31.7 Å². The van der Waals surface area contributed by atoms with Gasteiger partial charge in [0.1, 0.15) is 6.07 Å². The van der Waals surface area contributed by atoms with Gasteiger partial charge in [0.2, 0.25) is 0 Å². The van der Waals surface area contributed by atoms with Crippen molar-refractivity contribution in [2.45, 2.75) is 26.2 Å². The molecule has 0 saturated heterocycles. The molecule has 0 radical (unpaired) electrons. The van der Waals surface area contributed by atoms with E-state index in [1.807, 2.05) is 18.2 Å². The van der Waals surface area contributed by atoms with Gasteiger partial charge in [0.25, 0.3) is 0 Å². The van der Waals surface area contributed by atoms with E-state index in [-0.39, 0.29) is 0 Å². The van der Waals surface area contributed by atoms with E-state index in [0.29, 0.717) is 5.56 Å². The molecule has 1 rings (SSSR count). The average molecular weight is 311 g/mol. The number of benzene rings is 1. The van der Waals surface area contributed by atoms with Gasteiger partial charge in [-0.05, 0) is 47.0 Å². The normalized spacial score (nSPS) is 10.1. The summed E-state index contributed by atoms with van der Waals surface area (Å²) in [4.78, 5) is 0. The summed E-state index contributed by atoms with van der Waals surface area (Å²) in [6, 6.07) is 7.78. The summed E-state index contributed by atoms with van der Waals surface area (Å²) in [7, 11) is 0. The molecule has 0 atom stereocenters. The number of nitrogens with zero attached hydrogens (tertiary/aromatic N) is 1. The molecule has 0 aliphatic heterocycles. The minimum absolute atomic E-state index is 0.656. The Morgan fingerprint density at radius 2 is 2.11 bits per heavy atom. The van der Waals surface area contributed by atoms with Crippen molar-refractivity contribution in [3.05, 3.63) is 28.2 Å².